The maximum Gasteiger partial charge on any atom is 0.311 e. The number of nitro groups is 1. The van der Waals surface area contributed by atoms with Crippen LogP contribution < -0.4 is 16.0 Å². The number of pyridine rings is 1. The van der Waals surface area contributed by atoms with Crippen LogP contribution in [-0.4, -0.2) is 35.4 Å². The molecule has 1 rings (SSSR count). The lowest BCUT2D eigenvalue weighted by Gasteiger charge is -2.20. The van der Waals surface area contributed by atoms with Crippen LogP contribution in [0.1, 0.15) is 13.8 Å². The third kappa shape index (κ3) is 3.80. The van der Waals surface area contributed by atoms with Crippen LogP contribution in [0.15, 0.2) is 12.1 Å². The van der Waals surface area contributed by atoms with E-state index in [9.17, 15) is 14.9 Å². The molecule has 0 saturated carbocycles. The second kappa shape index (κ2) is 6.53. The largest absolute Gasteiger partial charge is 0.370 e. The molecule has 3 N–H and O–H groups in total. The molecule has 8 nitrogen and oxygen atoms in total. The van der Waals surface area contributed by atoms with E-state index in [1.54, 1.807) is 6.92 Å². The van der Waals surface area contributed by atoms with E-state index < -0.39 is 10.8 Å². The number of amides is 1. The Hall–Kier alpha value is -2.38. The average molecular weight is 267 g/mol. The highest BCUT2D eigenvalue weighted by atomic mass is 16.6. The highest BCUT2D eigenvalue weighted by molar-refractivity contribution is 5.80. The van der Waals surface area contributed by atoms with Crippen LogP contribution in [-0.2, 0) is 4.79 Å². The van der Waals surface area contributed by atoms with Crippen molar-refractivity contribution in [3.8, 4) is 0 Å². The van der Waals surface area contributed by atoms with E-state index in [-0.39, 0.29) is 18.1 Å². The van der Waals surface area contributed by atoms with Gasteiger partial charge in [0.2, 0.25) is 11.7 Å². The van der Waals surface area contributed by atoms with E-state index >= 15 is 0 Å². The molecular formula is C11H17N5O3. The van der Waals surface area contributed by atoms with Crippen molar-refractivity contribution in [1.29, 1.82) is 0 Å². The van der Waals surface area contributed by atoms with Gasteiger partial charge in [-0.05, 0) is 19.9 Å². The molecule has 0 aliphatic heterocycles. The SMILES string of the molecule is CCNc1ccc([N+](=O)[O-])c(N(CC)CC(N)=O)n1. The predicted molar refractivity (Wildman–Crippen MR) is 72.1 cm³/mol. The van der Waals surface area contributed by atoms with E-state index in [1.165, 1.54) is 17.0 Å². The second-order valence-corrected chi connectivity index (χ2v) is 3.81. The van der Waals surface area contributed by atoms with Crippen molar-refractivity contribution in [2.24, 2.45) is 5.73 Å². The molecule has 0 aliphatic rings. The van der Waals surface area contributed by atoms with Gasteiger partial charge in [-0.3, -0.25) is 14.9 Å². The minimum absolute atomic E-state index is 0.111. The monoisotopic (exact) mass is 267 g/mol. The summed E-state index contributed by atoms with van der Waals surface area (Å²) in [6.07, 6.45) is 0. The number of likely N-dealkylation sites (N-methyl/N-ethyl adjacent to an activating group) is 1. The fraction of sp³-hybridized carbons (Fsp3) is 0.455. The first kappa shape index (κ1) is 14.7. The molecule has 0 fully saturated rings. The van der Waals surface area contributed by atoms with Gasteiger partial charge in [-0.25, -0.2) is 4.98 Å². The Morgan fingerprint density at radius 2 is 2.21 bits per heavy atom. The quantitative estimate of drug-likeness (QED) is 0.556. The Bertz CT molecular complexity index is 477. The van der Waals surface area contributed by atoms with Crippen LogP contribution in [0.4, 0.5) is 17.3 Å². The van der Waals surface area contributed by atoms with Crippen LogP contribution in [0.25, 0.3) is 0 Å². The van der Waals surface area contributed by atoms with Crippen LogP contribution in [0.5, 0.6) is 0 Å². The van der Waals surface area contributed by atoms with E-state index in [2.05, 4.69) is 10.3 Å². The lowest BCUT2D eigenvalue weighted by atomic mass is 10.3. The maximum absolute atomic E-state index is 11.0. The highest BCUT2D eigenvalue weighted by Gasteiger charge is 2.22. The Morgan fingerprint density at radius 1 is 1.53 bits per heavy atom. The predicted octanol–water partition coefficient (Wildman–Crippen LogP) is 0.733. The number of carbonyl (C=O) groups is 1. The molecule has 0 saturated heterocycles. The molecule has 0 unspecified atom stereocenters. The zero-order chi connectivity index (χ0) is 14.4. The van der Waals surface area contributed by atoms with Crippen molar-refractivity contribution in [2.75, 3.05) is 29.9 Å². The topological polar surface area (TPSA) is 114 Å². The second-order valence-electron chi connectivity index (χ2n) is 3.81. The number of nitrogens with one attached hydrogen (secondary N) is 1. The number of primary amides is 1. The van der Waals surface area contributed by atoms with Gasteiger partial charge < -0.3 is 16.0 Å². The summed E-state index contributed by atoms with van der Waals surface area (Å²) in [6.45, 7) is 4.59. The third-order valence-corrected chi connectivity index (χ3v) is 2.44. The first-order valence-corrected chi connectivity index (χ1v) is 5.92. The number of nitrogens with two attached hydrogens (primary N) is 1. The lowest BCUT2D eigenvalue weighted by Crippen LogP contribution is -2.34. The van der Waals surface area contributed by atoms with Gasteiger partial charge >= 0.3 is 5.69 Å². The number of nitrogens with zero attached hydrogens (tertiary/aromatic N) is 3. The molecule has 0 radical (unpaired) electrons. The minimum atomic E-state index is -0.563. The number of carbonyl (C=O) groups excluding carboxylic acids is 1. The van der Waals surface area contributed by atoms with Gasteiger partial charge in [0.05, 0.1) is 11.5 Å². The van der Waals surface area contributed by atoms with Crippen molar-refractivity contribution in [2.45, 2.75) is 13.8 Å². The van der Waals surface area contributed by atoms with Crippen molar-refractivity contribution in [3.05, 3.63) is 22.2 Å². The standard InChI is InChI=1S/C11H17N5O3/c1-3-13-10-6-5-8(16(18)19)11(14-10)15(4-2)7-9(12)17/h5-6H,3-4,7H2,1-2H3,(H2,12,17)(H,13,14). The zero-order valence-electron chi connectivity index (χ0n) is 10.9. The van der Waals surface area contributed by atoms with E-state index in [4.69, 9.17) is 5.73 Å². The number of aromatic nitrogens is 1. The summed E-state index contributed by atoms with van der Waals surface area (Å²) in [5.74, 6) is 0.0996. The Kier molecular flexibility index (Phi) is 5.04. The molecule has 0 aliphatic carbocycles. The molecule has 0 spiro atoms. The molecule has 1 amide bonds. The smallest absolute Gasteiger partial charge is 0.311 e. The summed E-state index contributed by atoms with van der Waals surface area (Å²) < 4.78 is 0. The van der Waals surface area contributed by atoms with Gasteiger partial charge in [-0.1, -0.05) is 0 Å². The van der Waals surface area contributed by atoms with Gasteiger partial charge in [-0.15, -0.1) is 0 Å². The van der Waals surface area contributed by atoms with E-state index in [0.717, 1.165) is 0 Å². The molecule has 1 aromatic heterocycles. The number of hydrogen-bond acceptors (Lipinski definition) is 6. The summed E-state index contributed by atoms with van der Waals surface area (Å²) in [5, 5.41) is 14.0. The molecular weight excluding hydrogens is 250 g/mol. The van der Waals surface area contributed by atoms with Gasteiger partial charge in [0.25, 0.3) is 0 Å². The van der Waals surface area contributed by atoms with Gasteiger partial charge in [0, 0.05) is 19.2 Å². The zero-order valence-corrected chi connectivity index (χ0v) is 10.9. The van der Waals surface area contributed by atoms with Crippen molar-refractivity contribution in [3.63, 3.8) is 0 Å². The molecule has 0 aromatic carbocycles. The minimum Gasteiger partial charge on any atom is -0.370 e. The first-order chi connectivity index (χ1) is 8.99. The highest BCUT2D eigenvalue weighted by Crippen LogP contribution is 2.27. The first-order valence-electron chi connectivity index (χ1n) is 5.92. The molecule has 1 heterocycles. The number of rotatable bonds is 7. The summed E-state index contributed by atoms with van der Waals surface area (Å²) >= 11 is 0. The lowest BCUT2D eigenvalue weighted by molar-refractivity contribution is -0.384. The van der Waals surface area contributed by atoms with Crippen LogP contribution in [0.3, 0.4) is 0 Å². The van der Waals surface area contributed by atoms with Gasteiger partial charge in [-0.2, -0.15) is 0 Å². The summed E-state index contributed by atoms with van der Waals surface area (Å²) in [6, 6.07) is 2.90. The van der Waals surface area contributed by atoms with Crippen LogP contribution in [0.2, 0.25) is 0 Å². The molecule has 104 valence electrons. The Balaban J connectivity index is 3.21. The van der Waals surface area contributed by atoms with Crippen molar-refractivity contribution in [1.82, 2.24) is 4.98 Å². The van der Waals surface area contributed by atoms with E-state index in [0.29, 0.717) is 18.9 Å². The van der Waals surface area contributed by atoms with Crippen LogP contribution >= 0.6 is 0 Å². The van der Waals surface area contributed by atoms with Crippen LogP contribution in [0, 0.1) is 10.1 Å². The molecule has 1 aromatic rings. The maximum atomic E-state index is 11.0. The Labute approximate surface area is 110 Å². The number of hydrogen-bond donors (Lipinski definition) is 2. The fourth-order valence-electron chi connectivity index (χ4n) is 1.62. The molecule has 19 heavy (non-hydrogen) atoms. The summed E-state index contributed by atoms with van der Waals surface area (Å²) in [5.41, 5.74) is 4.99. The van der Waals surface area contributed by atoms with E-state index in [1.807, 2.05) is 6.92 Å². The van der Waals surface area contributed by atoms with Crippen molar-refractivity contribution >= 4 is 23.2 Å². The average Bonchev–Trinajstić information content (AvgIpc) is 2.35. The Morgan fingerprint density at radius 3 is 2.68 bits per heavy atom. The van der Waals surface area contributed by atoms with Gasteiger partial charge in [0.15, 0.2) is 0 Å². The fourth-order valence-corrected chi connectivity index (χ4v) is 1.62. The van der Waals surface area contributed by atoms with Gasteiger partial charge in [0.1, 0.15) is 5.82 Å². The third-order valence-electron chi connectivity index (χ3n) is 2.44. The molecule has 0 bridgehead atoms. The summed E-state index contributed by atoms with van der Waals surface area (Å²) in [7, 11) is 0. The van der Waals surface area contributed by atoms with Crippen molar-refractivity contribution < 1.29 is 9.72 Å². The summed E-state index contributed by atoms with van der Waals surface area (Å²) in [4.78, 5) is 27.1. The molecule has 8 heteroatoms. The number of anilines is 2. The normalized spacial score (nSPS) is 10.0. The molecule has 0 atom stereocenters.